The standard InChI is InChI=1S/C11H12O4/c1-2-6-15-11(14)9-5-3-4-8(7-9)10(12)13/h3-5,7H,2,6H2,1H3,(H,12,13). The summed E-state index contributed by atoms with van der Waals surface area (Å²) < 4.78 is 4.88. The number of carbonyl (C=O) groups excluding carboxylic acids is 1. The molecule has 0 aliphatic heterocycles. The predicted octanol–water partition coefficient (Wildman–Crippen LogP) is 1.95. The molecule has 0 saturated heterocycles. The zero-order valence-electron chi connectivity index (χ0n) is 8.40. The van der Waals surface area contributed by atoms with Gasteiger partial charge in [-0.2, -0.15) is 0 Å². The molecule has 80 valence electrons. The smallest absolute Gasteiger partial charge is 0.338 e. The minimum absolute atomic E-state index is 0.0842. The lowest BCUT2D eigenvalue weighted by atomic mass is 10.1. The Morgan fingerprint density at radius 1 is 1.33 bits per heavy atom. The van der Waals surface area contributed by atoms with Gasteiger partial charge in [-0.3, -0.25) is 0 Å². The van der Waals surface area contributed by atoms with Gasteiger partial charge in [0.05, 0.1) is 17.7 Å². The topological polar surface area (TPSA) is 63.6 Å². The SMILES string of the molecule is CCCOC(=O)c1cccc(C(=O)O)c1. The quantitative estimate of drug-likeness (QED) is 0.768. The Kier molecular flexibility index (Phi) is 3.85. The second-order valence-electron chi connectivity index (χ2n) is 3.02. The van der Waals surface area contributed by atoms with Crippen molar-refractivity contribution in [2.45, 2.75) is 13.3 Å². The van der Waals surface area contributed by atoms with E-state index in [9.17, 15) is 9.59 Å². The van der Waals surface area contributed by atoms with E-state index in [1.807, 2.05) is 6.92 Å². The van der Waals surface area contributed by atoms with Crippen molar-refractivity contribution in [3.05, 3.63) is 35.4 Å². The number of aromatic carboxylic acids is 1. The van der Waals surface area contributed by atoms with Gasteiger partial charge in [-0.15, -0.1) is 0 Å². The first-order valence-corrected chi connectivity index (χ1v) is 4.65. The largest absolute Gasteiger partial charge is 0.478 e. The van der Waals surface area contributed by atoms with Crippen molar-refractivity contribution in [3.8, 4) is 0 Å². The van der Waals surface area contributed by atoms with E-state index in [0.717, 1.165) is 6.42 Å². The van der Waals surface area contributed by atoms with Crippen LogP contribution in [0.4, 0.5) is 0 Å². The van der Waals surface area contributed by atoms with Gasteiger partial charge in [-0.25, -0.2) is 9.59 Å². The normalized spacial score (nSPS) is 9.67. The van der Waals surface area contributed by atoms with E-state index in [2.05, 4.69) is 0 Å². The minimum atomic E-state index is -1.06. The third-order valence-corrected chi connectivity index (χ3v) is 1.78. The fourth-order valence-electron chi connectivity index (χ4n) is 1.06. The van der Waals surface area contributed by atoms with Gasteiger partial charge in [-0.05, 0) is 24.6 Å². The number of ether oxygens (including phenoxy) is 1. The molecule has 0 spiro atoms. The first-order valence-electron chi connectivity index (χ1n) is 4.65. The molecule has 0 heterocycles. The van der Waals surface area contributed by atoms with Crippen LogP contribution in [0.15, 0.2) is 24.3 Å². The molecule has 1 rings (SSSR count). The van der Waals surface area contributed by atoms with Crippen LogP contribution in [-0.2, 0) is 4.74 Å². The molecule has 15 heavy (non-hydrogen) atoms. The summed E-state index contributed by atoms with van der Waals surface area (Å²) in [5.41, 5.74) is 0.351. The van der Waals surface area contributed by atoms with E-state index in [1.165, 1.54) is 24.3 Å². The summed E-state index contributed by atoms with van der Waals surface area (Å²) in [6.45, 7) is 2.23. The van der Waals surface area contributed by atoms with Crippen LogP contribution in [0, 0.1) is 0 Å². The number of rotatable bonds is 4. The number of benzene rings is 1. The molecule has 0 aliphatic rings. The highest BCUT2D eigenvalue weighted by Gasteiger charge is 2.09. The molecule has 0 fully saturated rings. The lowest BCUT2D eigenvalue weighted by molar-refractivity contribution is 0.0505. The molecule has 0 aromatic heterocycles. The predicted molar refractivity (Wildman–Crippen MR) is 54.0 cm³/mol. The van der Waals surface area contributed by atoms with Gasteiger partial charge in [0.1, 0.15) is 0 Å². The van der Waals surface area contributed by atoms with Crippen LogP contribution in [0.3, 0.4) is 0 Å². The van der Waals surface area contributed by atoms with Crippen LogP contribution in [0.5, 0.6) is 0 Å². The highest BCUT2D eigenvalue weighted by atomic mass is 16.5. The number of carboxylic acids is 1. The third kappa shape index (κ3) is 3.09. The van der Waals surface area contributed by atoms with E-state index >= 15 is 0 Å². The van der Waals surface area contributed by atoms with Gasteiger partial charge in [0, 0.05) is 0 Å². The molecule has 0 atom stereocenters. The Morgan fingerprint density at radius 2 is 2.00 bits per heavy atom. The zero-order chi connectivity index (χ0) is 11.3. The molecule has 1 aromatic carbocycles. The van der Waals surface area contributed by atoms with Crippen LogP contribution < -0.4 is 0 Å². The molecule has 1 N–H and O–H groups in total. The summed E-state index contributed by atoms with van der Waals surface area (Å²) in [5.74, 6) is -1.54. The van der Waals surface area contributed by atoms with Gasteiger partial charge in [0.15, 0.2) is 0 Å². The molecule has 1 aromatic rings. The number of carboxylic acid groups (broad SMARTS) is 1. The van der Waals surface area contributed by atoms with Gasteiger partial charge in [0.2, 0.25) is 0 Å². The molecule has 0 saturated carbocycles. The summed E-state index contributed by atoms with van der Waals surface area (Å²) in [5, 5.41) is 8.71. The molecule has 4 heteroatoms. The summed E-state index contributed by atoms with van der Waals surface area (Å²) >= 11 is 0. The number of esters is 1. The Morgan fingerprint density at radius 3 is 2.60 bits per heavy atom. The van der Waals surface area contributed by atoms with Crippen molar-refractivity contribution in [2.24, 2.45) is 0 Å². The summed E-state index contributed by atoms with van der Waals surface area (Å²) in [4.78, 5) is 22.0. The average molecular weight is 208 g/mol. The van der Waals surface area contributed by atoms with Crippen molar-refractivity contribution in [1.82, 2.24) is 0 Å². The zero-order valence-corrected chi connectivity index (χ0v) is 8.40. The van der Waals surface area contributed by atoms with Crippen molar-refractivity contribution in [1.29, 1.82) is 0 Å². The highest BCUT2D eigenvalue weighted by Crippen LogP contribution is 2.07. The lowest BCUT2D eigenvalue weighted by Crippen LogP contribution is -2.07. The van der Waals surface area contributed by atoms with Gasteiger partial charge >= 0.3 is 11.9 Å². The first kappa shape index (κ1) is 11.2. The molecule has 0 bridgehead atoms. The molecular formula is C11H12O4. The third-order valence-electron chi connectivity index (χ3n) is 1.78. The summed E-state index contributed by atoms with van der Waals surface area (Å²) in [6.07, 6.45) is 0.740. The second kappa shape index (κ2) is 5.14. The van der Waals surface area contributed by atoms with E-state index in [0.29, 0.717) is 6.61 Å². The number of hydrogen-bond donors (Lipinski definition) is 1. The second-order valence-corrected chi connectivity index (χ2v) is 3.02. The fourth-order valence-corrected chi connectivity index (χ4v) is 1.06. The molecular weight excluding hydrogens is 196 g/mol. The molecule has 0 radical (unpaired) electrons. The summed E-state index contributed by atoms with van der Waals surface area (Å²) in [6, 6.07) is 5.79. The maximum atomic E-state index is 11.4. The molecule has 0 unspecified atom stereocenters. The van der Waals surface area contributed by atoms with Crippen LogP contribution in [-0.4, -0.2) is 23.7 Å². The van der Waals surface area contributed by atoms with E-state index < -0.39 is 11.9 Å². The van der Waals surface area contributed by atoms with Gasteiger partial charge in [-0.1, -0.05) is 13.0 Å². The Hall–Kier alpha value is -1.84. The molecule has 4 nitrogen and oxygen atoms in total. The Balaban J connectivity index is 2.81. The number of carbonyl (C=O) groups is 2. The maximum absolute atomic E-state index is 11.4. The number of hydrogen-bond acceptors (Lipinski definition) is 3. The summed E-state index contributed by atoms with van der Waals surface area (Å²) in [7, 11) is 0. The minimum Gasteiger partial charge on any atom is -0.478 e. The van der Waals surface area contributed by atoms with Gasteiger partial charge < -0.3 is 9.84 Å². The Labute approximate surface area is 87.5 Å². The fraction of sp³-hybridized carbons (Fsp3) is 0.273. The maximum Gasteiger partial charge on any atom is 0.338 e. The van der Waals surface area contributed by atoms with E-state index in [1.54, 1.807) is 0 Å². The van der Waals surface area contributed by atoms with Crippen molar-refractivity contribution in [3.63, 3.8) is 0 Å². The van der Waals surface area contributed by atoms with Crippen LogP contribution in [0.25, 0.3) is 0 Å². The van der Waals surface area contributed by atoms with E-state index in [4.69, 9.17) is 9.84 Å². The molecule has 0 amide bonds. The average Bonchev–Trinajstić information content (AvgIpc) is 2.26. The molecule has 0 aliphatic carbocycles. The van der Waals surface area contributed by atoms with Crippen LogP contribution in [0.1, 0.15) is 34.1 Å². The lowest BCUT2D eigenvalue weighted by Gasteiger charge is -2.03. The van der Waals surface area contributed by atoms with Gasteiger partial charge in [0.25, 0.3) is 0 Å². The highest BCUT2D eigenvalue weighted by molar-refractivity contribution is 5.94. The van der Waals surface area contributed by atoms with Crippen molar-refractivity contribution < 1.29 is 19.4 Å². The van der Waals surface area contributed by atoms with E-state index in [-0.39, 0.29) is 11.1 Å². The van der Waals surface area contributed by atoms with Crippen molar-refractivity contribution in [2.75, 3.05) is 6.61 Å². The Bertz CT molecular complexity index is 371. The first-order chi connectivity index (χ1) is 7.15. The van der Waals surface area contributed by atoms with Crippen LogP contribution in [0.2, 0.25) is 0 Å². The van der Waals surface area contributed by atoms with Crippen LogP contribution >= 0.6 is 0 Å². The monoisotopic (exact) mass is 208 g/mol. The van der Waals surface area contributed by atoms with Crippen molar-refractivity contribution >= 4 is 11.9 Å².